The number of amides is 2. The highest BCUT2D eigenvalue weighted by Gasteiger charge is 2.32. The topological polar surface area (TPSA) is 113 Å². The summed E-state index contributed by atoms with van der Waals surface area (Å²) in [6.07, 6.45) is 0.924. The molecule has 2 fully saturated rings. The Hall–Kier alpha value is -1.19. The zero-order valence-corrected chi connectivity index (χ0v) is 11.4. The molecule has 2 amide bonds. The molecule has 2 saturated heterocycles. The first-order valence-corrected chi connectivity index (χ1v) is 7.71. The van der Waals surface area contributed by atoms with E-state index in [1.165, 1.54) is 4.31 Å². The molecule has 2 rings (SSSR count). The number of piperidine rings is 1. The number of nitrogens with two attached hydrogens (primary N) is 1. The number of rotatable bonds is 2. The van der Waals surface area contributed by atoms with Crippen LogP contribution in [0.3, 0.4) is 0 Å². The Morgan fingerprint density at radius 1 is 1.26 bits per heavy atom. The maximum Gasteiger partial charge on any atom is 0.277 e. The van der Waals surface area contributed by atoms with Gasteiger partial charge in [-0.2, -0.15) is 12.7 Å². The van der Waals surface area contributed by atoms with Gasteiger partial charge in [0.1, 0.15) is 0 Å². The third-order valence-electron chi connectivity index (χ3n) is 3.52. The van der Waals surface area contributed by atoms with Crippen molar-refractivity contribution in [2.75, 3.05) is 32.7 Å². The number of carbonyl (C=O) groups excluding carboxylic acids is 2. The maximum atomic E-state index is 12.2. The average Bonchev–Trinajstić information content (AvgIpc) is 2.38. The van der Waals surface area contributed by atoms with Gasteiger partial charge in [-0.05, 0) is 6.42 Å². The second-order valence-corrected chi connectivity index (χ2v) is 6.36. The molecule has 2 heterocycles. The SMILES string of the molecule is NS(=O)(=O)N1CCN(C(=O)C2CCC(=O)NC2)CC1. The fourth-order valence-electron chi connectivity index (χ4n) is 2.36. The van der Waals surface area contributed by atoms with Gasteiger partial charge in [-0.15, -0.1) is 0 Å². The molecule has 0 radical (unpaired) electrons. The van der Waals surface area contributed by atoms with Crippen molar-refractivity contribution < 1.29 is 18.0 Å². The molecule has 0 aromatic heterocycles. The molecule has 0 bridgehead atoms. The van der Waals surface area contributed by atoms with Gasteiger partial charge in [-0.3, -0.25) is 9.59 Å². The standard InChI is InChI=1S/C10H18N4O4S/c11-19(17,18)14-5-3-13(4-6-14)10(16)8-1-2-9(15)12-7-8/h8H,1-7H2,(H,12,15)(H2,11,17,18). The monoisotopic (exact) mass is 290 g/mol. The predicted octanol–water partition coefficient (Wildman–Crippen LogP) is -2.14. The molecule has 1 unspecified atom stereocenters. The summed E-state index contributed by atoms with van der Waals surface area (Å²) in [4.78, 5) is 24.9. The summed E-state index contributed by atoms with van der Waals surface area (Å²) in [6.45, 7) is 1.51. The number of nitrogens with zero attached hydrogens (tertiary/aromatic N) is 2. The third kappa shape index (κ3) is 3.43. The van der Waals surface area contributed by atoms with Gasteiger partial charge in [0.05, 0.1) is 5.92 Å². The molecule has 0 aromatic rings. The maximum absolute atomic E-state index is 12.2. The minimum atomic E-state index is -3.67. The van der Waals surface area contributed by atoms with Crippen LogP contribution in [-0.4, -0.2) is 62.2 Å². The summed E-state index contributed by atoms with van der Waals surface area (Å²) >= 11 is 0. The molecule has 2 aliphatic rings. The Morgan fingerprint density at radius 3 is 2.37 bits per heavy atom. The predicted molar refractivity (Wildman–Crippen MR) is 67.0 cm³/mol. The Morgan fingerprint density at radius 2 is 1.89 bits per heavy atom. The van der Waals surface area contributed by atoms with E-state index in [1.54, 1.807) is 4.90 Å². The number of nitrogens with one attached hydrogen (secondary N) is 1. The highest BCUT2D eigenvalue weighted by Crippen LogP contribution is 2.16. The first kappa shape index (κ1) is 14.2. The van der Waals surface area contributed by atoms with Gasteiger partial charge in [0.2, 0.25) is 11.8 Å². The Bertz CT molecular complexity index is 460. The molecule has 108 valence electrons. The van der Waals surface area contributed by atoms with E-state index in [0.717, 1.165) is 0 Å². The van der Waals surface area contributed by atoms with E-state index in [1.807, 2.05) is 0 Å². The van der Waals surface area contributed by atoms with Gasteiger partial charge in [-0.1, -0.05) is 0 Å². The van der Waals surface area contributed by atoms with Gasteiger partial charge in [0.15, 0.2) is 0 Å². The fourth-order valence-corrected chi connectivity index (χ4v) is 3.04. The van der Waals surface area contributed by atoms with E-state index in [9.17, 15) is 18.0 Å². The van der Waals surface area contributed by atoms with Crippen LogP contribution in [-0.2, 0) is 19.8 Å². The van der Waals surface area contributed by atoms with E-state index in [2.05, 4.69) is 5.32 Å². The van der Waals surface area contributed by atoms with Crippen LogP contribution in [0.5, 0.6) is 0 Å². The zero-order valence-electron chi connectivity index (χ0n) is 10.5. The molecule has 0 aliphatic carbocycles. The van der Waals surface area contributed by atoms with Crippen LogP contribution in [0.2, 0.25) is 0 Å². The van der Waals surface area contributed by atoms with Crippen molar-refractivity contribution >= 4 is 22.0 Å². The summed E-state index contributed by atoms with van der Waals surface area (Å²) < 4.78 is 23.5. The van der Waals surface area contributed by atoms with Gasteiger partial charge in [-0.25, -0.2) is 5.14 Å². The van der Waals surface area contributed by atoms with Crippen molar-refractivity contribution in [3.05, 3.63) is 0 Å². The summed E-state index contributed by atoms with van der Waals surface area (Å²) in [5.41, 5.74) is 0. The lowest BCUT2D eigenvalue weighted by Crippen LogP contribution is -2.54. The minimum Gasteiger partial charge on any atom is -0.355 e. The summed E-state index contributed by atoms with van der Waals surface area (Å²) in [5.74, 6) is -0.240. The van der Waals surface area contributed by atoms with Crippen molar-refractivity contribution in [1.82, 2.24) is 14.5 Å². The zero-order chi connectivity index (χ0) is 14.0. The quantitative estimate of drug-likeness (QED) is 0.604. The van der Waals surface area contributed by atoms with Crippen LogP contribution >= 0.6 is 0 Å². The highest BCUT2D eigenvalue weighted by atomic mass is 32.2. The van der Waals surface area contributed by atoms with Crippen LogP contribution < -0.4 is 10.5 Å². The van der Waals surface area contributed by atoms with Gasteiger partial charge < -0.3 is 10.2 Å². The summed E-state index contributed by atoms with van der Waals surface area (Å²) in [5, 5.41) is 7.71. The molecule has 19 heavy (non-hydrogen) atoms. The van der Waals surface area contributed by atoms with E-state index in [-0.39, 0.29) is 30.8 Å². The lowest BCUT2D eigenvalue weighted by atomic mass is 9.97. The molecule has 8 nitrogen and oxygen atoms in total. The molecular weight excluding hydrogens is 272 g/mol. The van der Waals surface area contributed by atoms with Crippen molar-refractivity contribution in [2.24, 2.45) is 11.1 Å². The number of piperazine rings is 1. The van der Waals surface area contributed by atoms with Crippen molar-refractivity contribution in [1.29, 1.82) is 0 Å². The van der Waals surface area contributed by atoms with E-state index >= 15 is 0 Å². The molecule has 9 heteroatoms. The fraction of sp³-hybridized carbons (Fsp3) is 0.800. The van der Waals surface area contributed by atoms with E-state index in [4.69, 9.17) is 5.14 Å². The van der Waals surface area contributed by atoms with Crippen LogP contribution in [0.1, 0.15) is 12.8 Å². The molecule has 0 aromatic carbocycles. The third-order valence-corrected chi connectivity index (χ3v) is 4.61. The van der Waals surface area contributed by atoms with E-state index < -0.39 is 10.2 Å². The molecule has 3 N–H and O–H groups in total. The van der Waals surface area contributed by atoms with Crippen molar-refractivity contribution in [3.63, 3.8) is 0 Å². The average molecular weight is 290 g/mol. The largest absolute Gasteiger partial charge is 0.355 e. The summed E-state index contributed by atoms with van der Waals surface area (Å²) in [6, 6.07) is 0. The normalized spacial score (nSPS) is 26.1. The lowest BCUT2D eigenvalue weighted by molar-refractivity contribution is -0.138. The van der Waals surface area contributed by atoms with Crippen molar-refractivity contribution in [3.8, 4) is 0 Å². The number of carbonyl (C=O) groups is 2. The van der Waals surface area contributed by atoms with Crippen LogP contribution in [0.25, 0.3) is 0 Å². The Balaban J connectivity index is 1.87. The second kappa shape index (κ2) is 5.43. The molecule has 1 atom stereocenters. The molecular formula is C10H18N4O4S. The Kier molecular flexibility index (Phi) is 4.07. The van der Waals surface area contributed by atoms with Crippen molar-refractivity contribution in [2.45, 2.75) is 12.8 Å². The van der Waals surface area contributed by atoms with E-state index in [0.29, 0.717) is 32.5 Å². The lowest BCUT2D eigenvalue weighted by Gasteiger charge is -2.35. The van der Waals surface area contributed by atoms with Gasteiger partial charge >= 0.3 is 0 Å². The Labute approximate surface area is 112 Å². The molecule has 0 spiro atoms. The first-order chi connectivity index (χ1) is 8.88. The van der Waals surface area contributed by atoms with Crippen LogP contribution in [0.15, 0.2) is 0 Å². The number of hydrogen-bond donors (Lipinski definition) is 2. The summed E-state index contributed by atoms with van der Waals surface area (Å²) in [7, 11) is -3.67. The smallest absolute Gasteiger partial charge is 0.277 e. The van der Waals surface area contributed by atoms with Gasteiger partial charge in [0, 0.05) is 39.1 Å². The highest BCUT2D eigenvalue weighted by molar-refractivity contribution is 7.86. The van der Waals surface area contributed by atoms with Crippen LogP contribution in [0, 0.1) is 5.92 Å². The van der Waals surface area contributed by atoms with Crippen LogP contribution in [0.4, 0.5) is 0 Å². The minimum absolute atomic E-state index is 0.0194. The first-order valence-electron chi connectivity index (χ1n) is 6.21. The molecule has 0 saturated carbocycles. The van der Waals surface area contributed by atoms with Gasteiger partial charge in [0.25, 0.3) is 10.2 Å². The molecule has 2 aliphatic heterocycles. The second-order valence-electron chi connectivity index (χ2n) is 4.81. The number of hydrogen-bond acceptors (Lipinski definition) is 4.